The summed E-state index contributed by atoms with van der Waals surface area (Å²) in [5.41, 5.74) is 0.214. The van der Waals surface area contributed by atoms with E-state index in [9.17, 15) is 0 Å². The minimum absolute atomic E-state index is 0.214. The van der Waals surface area contributed by atoms with Crippen LogP contribution in [0.4, 0.5) is 0 Å². The van der Waals surface area contributed by atoms with Crippen LogP contribution in [-0.2, 0) is 0 Å². The maximum Gasteiger partial charge on any atom is 0.0208 e. The van der Waals surface area contributed by atoms with Crippen molar-refractivity contribution in [2.24, 2.45) is 11.3 Å². The molecule has 1 fully saturated rings. The molecule has 4 aromatic carbocycles. The van der Waals surface area contributed by atoms with Gasteiger partial charge in [0.05, 0.1) is 0 Å². The smallest absolute Gasteiger partial charge is 0.0208 e. The summed E-state index contributed by atoms with van der Waals surface area (Å²) in [7, 11) is -1.15. The lowest BCUT2D eigenvalue weighted by Crippen LogP contribution is -2.41. The van der Waals surface area contributed by atoms with Gasteiger partial charge in [0, 0.05) is 5.40 Å². The van der Waals surface area contributed by atoms with Gasteiger partial charge in [-0.05, 0) is 61.2 Å². The highest BCUT2D eigenvalue weighted by Crippen LogP contribution is 2.65. The lowest BCUT2D eigenvalue weighted by molar-refractivity contribution is 0.239. The summed E-state index contributed by atoms with van der Waals surface area (Å²) >= 11 is 0. The fourth-order valence-electron chi connectivity index (χ4n) is 5.88. The zero-order valence-corrected chi connectivity index (χ0v) is 22.7. The first-order chi connectivity index (χ1) is 17.2. The number of rotatable bonds is 8. The van der Waals surface area contributed by atoms with E-state index in [1.165, 1.54) is 46.9 Å². The van der Waals surface area contributed by atoms with E-state index in [4.69, 9.17) is 0 Å². The van der Waals surface area contributed by atoms with Crippen molar-refractivity contribution < 1.29 is 0 Å². The van der Waals surface area contributed by atoms with Crippen LogP contribution >= 0.6 is 15.8 Å². The number of benzene rings is 4. The first kappa shape index (κ1) is 24.4. The highest BCUT2D eigenvalue weighted by atomic mass is 31.2. The van der Waals surface area contributed by atoms with Crippen molar-refractivity contribution in [3.8, 4) is 0 Å². The van der Waals surface area contributed by atoms with Crippen molar-refractivity contribution in [3.05, 3.63) is 121 Å². The quantitative estimate of drug-likeness (QED) is 0.219. The molecule has 35 heavy (non-hydrogen) atoms. The van der Waals surface area contributed by atoms with Crippen molar-refractivity contribution in [2.45, 2.75) is 44.9 Å². The van der Waals surface area contributed by atoms with Crippen molar-refractivity contribution in [2.75, 3.05) is 0 Å². The van der Waals surface area contributed by atoms with Crippen molar-refractivity contribution in [1.29, 1.82) is 0 Å². The van der Waals surface area contributed by atoms with Gasteiger partial charge in [0.1, 0.15) is 0 Å². The zero-order valence-electron chi connectivity index (χ0n) is 20.9. The van der Waals surface area contributed by atoms with Gasteiger partial charge in [-0.15, -0.1) is 0 Å². The largest absolute Gasteiger partial charge is 0.0622 e. The van der Waals surface area contributed by atoms with E-state index >= 15 is 0 Å². The van der Waals surface area contributed by atoms with Gasteiger partial charge in [-0.3, -0.25) is 0 Å². The third-order valence-electron chi connectivity index (χ3n) is 7.70. The topological polar surface area (TPSA) is 0 Å². The van der Waals surface area contributed by atoms with Crippen molar-refractivity contribution in [1.82, 2.24) is 0 Å². The average Bonchev–Trinajstić information content (AvgIpc) is 3.47. The molecule has 0 spiro atoms. The Labute approximate surface area is 214 Å². The van der Waals surface area contributed by atoms with Crippen LogP contribution in [-0.4, -0.2) is 5.40 Å². The van der Waals surface area contributed by atoms with Crippen LogP contribution in [0.2, 0.25) is 0 Å². The third kappa shape index (κ3) is 5.31. The van der Waals surface area contributed by atoms with Crippen LogP contribution in [0.3, 0.4) is 0 Å². The van der Waals surface area contributed by atoms with Crippen molar-refractivity contribution >= 4 is 37.1 Å². The van der Waals surface area contributed by atoms with E-state index in [1.807, 2.05) is 0 Å². The van der Waals surface area contributed by atoms with Crippen LogP contribution in [0.1, 0.15) is 39.5 Å². The van der Waals surface area contributed by atoms with Gasteiger partial charge in [-0.1, -0.05) is 148 Å². The minimum Gasteiger partial charge on any atom is -0.0622 e. The maximum atomic E-state index is 2.61. The summed E-state index contributed by atoms with van der Waals surface area (Å²) in [5, 5.41) is 6.55. The zero-order chi connectivity index (χ0) is 24.1. The Bertz CT molecular complexity index is 1000. The molecule has 0 unspecified atom stereocenters. The third-order valence-corrected chi connectivity index (χ3v) is 14.8. The molecule has 5 rings (SSSR count). The molecule has 0 radical (unpaired) electrons. The molecular weight excluding hydrogens is 458 g/mol. The Morgan fingerprint density at radius 3 is 1.09 bits per heavy atom. The highest BCUT2D eigenvalue weighted by Gasteiger charge is 2.47. The van der Waals surface area contributed by atoms with Crippen LogP contribution in [0.25, 0.3) is 0 Å². The van der Waals surface area contributed by atoms with E-state index in [1.54, 1.807) is 0 Å². The van der Waals surface area contributed by atoms with E-state index < -0.39 is 15.8 Å². The number of hydrogen-bond donors (Lipinski definition) is 0. The molecule has 0 bridgehead atoms. The van der Waals surface area contributed by atoms with E-state index in [0.717, 1.165) is 5.92 Å². The number of hydrogen-bond acceptors (Lipinski definition) is 0. The molecule has 1 aliphatic carbocycles. The van der Waals surface area contributed by atoms with Gasteiger partial charge in [0.15, 0.2) is 0 Å². The fraction of sp³-hybridized carbons (Fsp3) is 0.273. The molecule has 2 heteroatoms. The second-order valence-electron chi connectivity index (χ2n) is 10.3. The molecule has 0 aliphatic heterocycles. The van der Waals surface area contributed by atoms with Gasteiger partial charge in [-0.2, -0.15) is 0 Å². The summed E-state index contributed by atoms with van der Waals surface area (Å²) < 4.78 is 0. The molecule has 178 valence electrons. The Hall–Kier alpha value is -2.26. The molecular formula is C33H36P2. The maximum absolute atomic E-state index is 2.61. The molecule has 0 nitrogen and oxygen atoms in total. The fourth-order valence-corrected chi connectivity index (χ4v) is 13.9. The van der Waals surface area contributed by atoms with Gasteiger partial charge in [0.2, 0.25) is 0 Å². The molecule has 0 aromatic heterocycles. The lowest BCUT2D eigenvalue weighted by atomic mass is 9.79. The molecule has 0 N–H and O–H groups in total. The van der Waals surface area contributed by atoms with Crippen LogP contribution in [0, 0.1) is 11.3 Å². The van der Waals surface area contributed by atoms with Crippen LogP contribution in [0.15, 0.2) is 121 Å². The second kappa shape index (κ2) is 11.2. The van der Waals surface area contributed by atoms with Gasteiger partial charge in [-0.25, -0.2) is 0 Å². The highest BCUT2D eigenvalue weighted by molar-refractivity contribution is 7.89. The summed E-state index contributed by atoms with van der Waals surface area (Å²) in [4.78, 5) is 0. The Balaban J connectivity index is 1.77. The van der Waals surface area contributed by atoms with Gasteiger partial charge < -0.3 is 0 Å². The van der Waals surface area contributed by atoms with Crippen molar-refractivity contribution in [3.63, 3.8) is 0 Å². The van der Waals surface area contributed by atoms with Gasteiger partial charge >= 0.3 is 0 Å². The SMILES string of the molecule is CC(C)(C1CCCC1)C(P(c1ccccc1)c1ccccc1)P(c1ccccc1)c1ccccc1. The first-order valence-electron chi connectivity index (χ1n) is 12.9. The lowest BCUT2D eigenvalue weighted by Gasteiger charge is -2.48. The van der Waals surface area contributed by atoms with Gasteiger partial charge in [0.25, 0.3) is 0 Å². The monoisotopic (exact) mass is 494 g/mol. The first-order valence-corrected chi connectivity index (χ1v) is 15.8. The Morgan fingerprint density at radius 1 is 0.514 bits per heavy atom. The van der Waals surface area contributed by atoms with E-state index in [2.05, 4.69) is 135 Å². The summed E-state index contributed by atoms with van der Waals surface area (Å²) in [6, 6.07) is 45.7. The van der Waals surface area contributed by atoms with E-state index in [0.29, 0.717) is 5.40 Å². The molecule has 0 saturated heterocycles. The predicted octanol–water partition coefficient (Wildman–Crippen LogP) is 7.79. The summed E-state index contributed by atoms with van der Waals surface area (Å²) in [6.07, 6.45) is 5.49. The predicted molar refractivity (Wildman–Crippen MR) is 158 cm³/mol. The Morgan fingerprint density at radius 2 is 0.800 bits per heavy atom. The molecule has 1 saturated carbocycles. The van der Waals surface area contributed by atoms with E-state index in [-0.39, 0.29) is 5.41 Å². The summed E-state index contributed by atoms with van der Waals surface area (Å²) in [5.74, 6) is 0.766. The molecule has 0 heterocycles. The molecule has 4 aromatic rings. The molecule has 0 amide bonds. The van der Waals surface area contributed by atoms with Crippen LogP contribution in [0.5, 0.6) is 0 Å². The Kier molecular flexibility index (Phi) is 7.82. The second-order valence-corrected chi connectivity index (χ2v) is 15.2. The minimum atomic E-state index is -0.576. The summed E-state index contributed by atoms with van der Waals surface area (Å²) in [6.45, 7) is 5.21. The molecule has 1 aliphatic rings. The standard InChI is InChI=1S/C33H36P2/c1-33(2,27-17-15-16-18-27)32(34(28-19-7-3-8-20-28)29-21-9-4-10-22-29)35(30-23-11-5-12-24-30)31-25-13-6-14-26-31/h3-14,19-27,32H,15-18H2,1-2H3. The normalized spacial score (nSPS) is 14.8. The molecule has 0 atom stereocenters. The van der Waals surface area contributed by atoms with Crippen LogP contribution < -0.4 is 21.2 Å². The average molecular weight is 495 g/mol.